The molecule has 2 aromatic rings. The predicted molar refractivity (Wildman–Crippen MR) is 61.9 cm³/mol. The van der Waals surface area contributed by atoms with E-state index in [4.69, 9.17) is 10.4 Å². The van der Waals surface area contributed by atoms with E-state index in [0.717, 1.165) is 23.0 Å². The first kappa shape index (κ1) is 13.2. The van der Waals surface area contributed by atoms with Crippen molar-refractivity contribution >= 4 is 11.7 Å². The third-order valence-electron chi connectivity index (χ3n) is 2.42. The van der Waals surface area contributed by atoms with Crippen LogP contribution >= 0.6 is 0 Å². The molecule has 0 unspecified atom stereocenters. The Morgan fingerprint density at radius 2 is 2.25 bits per heavy atom. The number of nitrogens with zero attached hydrogens (tertiary/aromatic N) is 4. The van der Waals surface area contributed by atoms with Crippen LogP contribution in [0.4, 0.5) is 10.1 Å². The summed E-state index contributed by atoms with van der Waals surface area (Å²) in [6.07, 6.45) is 0.859. The minimum atomic E-state index is -1.57. The van der Waals surface area contributed by atoms with Crippen molar-refractivity contribution < 1.29 is 19.2 Å². The maximum Gasteiger partial charge on any atom is 0.363 e. The second-order valence-electron chi connectivity index (χ2n) is 3.64. The van der Waals surface area contributed by atoms with Crippen molar-refractivity contribution in [3.05, 3.63) is 51.6 Å². The molecule has 9 heteroatoms. The molecule has 2 rings (SSSR count). The van der Waals surface area contributed by atoms with Crippen LogP contribution in [0.15, 0.2) is 24.4 Å². The number of nitro groups is 1. The van der Waals surface area contributed by atoms with Crippen molar-refractivity contribution in [2.75, 3.05) is 0 Å². The molecular formula is C11H5FN4O4. The molecule has 0 aliphatic carbocycles. The summed E-state index contributed by atoms with van der Waals surface area (Å²) in [5.41, 5.74) is -1.56. The number of carbonyl (C=O) groups is 1. The standard InChI is InChI=1S/C11H5FN4O4/c12-7-1-2-8(6(3-7)4-13)15-5-9(16(19)20)10(14-15)11(17)18/h1-3,5H,(H,17,18). The number of carboxylic acid groups (broad SMARTS) is 1. The van der Waals surface area contributed by atoms with E-state index in [9.17, 15) is 19.3 Å². The van der Waals surface area contributed by atoms with Gasteiger partial charge in [-0.25, -0.2) is 13.9 Å². The van der Waals surface area contributed by atoms with Gasteiger partial charge >= 0.3 is 11.7 Å². The van der Waals surface area contributed by atoms with Gasteiger partial charge in [-0.1, -0.05) is 0 Å². The fourth-order valence-electron chi connectivity index (χ4n) is 1.57. The summed E-state index contributed by atoms with van der Waals surface area (Å²) >= 11 is 0. The summed E-state index contributed by atoms with van der Waals surface area (Å²) in [6, 6.07) is 4.83. The van der Waals surface area contributed by atoms with Gasteiger partial charge in [0.2, 0.25) is 5.69 Å². The Kier molecular flexibility index (Phi) is 3.14. The van der Waals surface area contributed by atoms with Crippen molar-refractivity contribution in [3.8, 4) is 11.8 Å². The largest absolute Gasteiger partial charge is 0.476 e. The second kappa shape index (κ2) is 4.77. The molecule has 100 valence electrons. The molecule has 0 fully saturated rings. The Morgan fingerprint density at radius 3 is 2.75 bits per heavy atom. The van der Waals surface area contributed by atoms with Gasteiger partial charge in [0.05, 0.1) is 16.2 Å². The molecule has 1 aromatic heterocycles. The highest BCUT2D eigenvalue weighted by atomic mass is 19.1. The maximum atomic E-state index is 13.0. The van der Waals surface area contributed by atoms with Crippen molar-refractivity contribution in [2.24, 2.45) is 0 Å². The smallest absolute Gasteiger partial charge is 0.363 e. The molecular weight excluding hydrogens is 271 g/mol. The van der Waals surface area contributed by atoms with E-state index < -0.39 is 28.1 Å². The number of benzene rings is 1. The average Bonchev–Trinajstić information content (AvgIpc) is 2.83. The summed E-state index contributed by atoms with van der Waals surface area (Å²) in [7, 11) is 0. The van der Waals surface area contributed by atoms with Crippen LogP contribution in [0.5, 0.6) is 0 Å². The Morgan fingerprint density at radius 1 is 1.55 bits per heavy atom. The molecule has 0 atom stereocenters. The van der Waals surface area contributed by atoms with Crippen LogP contribution in [0, 0.1) is 27.3 Å². The van der Waals surface area contributed by atoms with Crippen molar-refractivity contribution in [1.29, 1.82) is 5.26 Å². The van der Waals surface area contributed by atoms with Crippen LogP contribution in [0.1, 0.15) is 16.1 Å². The lowest BCUT2D eigenvalue weighted by Gasteiger charge is -2.02. The Hall–Kier alpha value is -3.28. The van der Waals surface area contributed by atoms with E-state index in [1.807, 2.05) is 0 Å². The zero-order valence-electron chi connectivity index (χ0n) is 9.65. The van der Waals surface area contributed by atoms with E-state index in [-0.39, 0.29) is 11.3 Å². The van der Waals surface area contributed by atoms with Gasteiger partial charge in [0.1, 0.15) is 18.1 Å². The van der Waals surface area contributed by atoms with Crippen LogP contribution < -0.4 is 0 Å². The number of aromatic carboxylic acids is 1. The average molecular weight is 276 g/mol. The van der Waals surface area contributed by atoms with Crippen LogP contribution in [0.2, 0.25) is 0 Å². The van der Waals surface area contributed by atoms with Gasteiger partial charge in [-0.2, -0.15) is 10.4 Å². The summed E-state index contributed by atoms with van der Waals surface area (Å²) in [6.45, 7) is 0. The normalized spacial score (nSPS) is 10.0. The molecule has 0 bridgehead atoms. The fraction of sp³-hybridized carbons (Fsp3) is 0. The number of halogens is 1. The highest BCUT2D eigenvalue weighted by molar-refractivity contribution is 5.90. The molecule has 0 aliphatic rings. The third kappa shape index (κ3) is 2.17. The third-order valence-corrected chi connectivity index (χ3v) is 2.42. The number of nitriles is 1. The lowest BCUT2D eigenvalue weighted by molar-refractivity contribution is -0.385. The highest BCUT2D eigenvalue weighted by Crippen LogP contribution is 2.22. The first-order valence-corrected chi connectivity index (χ1v) is 5.11. The topological polar surface area (TPSA) is 122 Å². The number of rotatable bonds is 3. The zero-order chi connectivity index (χ0) is 14.9. The van der Waals surface area contributed by atoms with Gasteiger partial charge in [-0.3, -0.25) is 10.1 Å². The first-order valence-electron chi connectivity index (χ1n) is 5.11. The molecule has 1 aromatic carbocycles. The summed E-state index contributed by atoms with van der Waals surface area (Å²) in [5, 5.41) is 32.0. The number of aromatic nitrogens is 2. The minimum absolute atomic E-state index is 0.0458. The van der Waals surface area contributed by atoms with Gasteiger partial charge in [-0.15, -0.1) is 0 Å². The molecule has 0 aliphatic heterocycles. The van der Waals surface area contributed by atoms with Crippen LogP contribution in [0.3, 0.4) is 0 Å². The monoisotopic (exact) mass is 276 g/mol. The molecule has 1 heterocycles. The Bertz CT molecular complexity index is 731. The van der Waals surface area contributed by atoms with Crippen LogP contribution in [-0.2, 0) is 0 Å². The molecule has 0 spiro atoms. The van der Waals surface area contributed by atoms with E-state index in [1.54, 1.807) is 6.07 Å². The zero-order valence-corrected chi connectivity index (χ0v) is 9.65. The van der Waals surface area contributed by atoms with E-state index in [2.05, 4.69) is 5.10 Å². The van der Waals surface area contributed by atoms with Crippen molar-refractivity contribution in [3.63, 3.8) is 0 Å². The van der Waals surface area contributed by atoms with Crippen LogP contribution in [0.25, 0.3) is 5.69 Å². The maximum absolute atomic E-state index is 13.0. The minimum Gasteiger partial charge on any atom is -0.476 e. The van der Waals surface area contributed by atoms with Gasteiger partial charge < -0.3 is 5.11 Å². The molecule has 0 saturated heterocycles. The van der Waals surface area contributed by atoms with Gasteiger partial charge in [-0.05, 0) is 18.2 Å². The summed E-state index contributed by atoms with van der Waals surface area (Å²) in [4.78, 5) is 20.7. The van der Waals surface area contributed by atoms with Gasteiger partial charge in [0.25, 0.3) is 0 Å². The Labute approximate surface area is 110 Å². The lowest BCUT2D eigenvalue weighted by Crippen LogP contribution is -2.03. The van der Waals surface area contributed by atoms with Crippen molar-refractivity contribution in [1.82, 2.24) is 9.78 Å². The predicted octanol–water partition coefficient (Wildman–Crippen LogP) is 1.49. The molecule has 0 radical (unpaired) electrons. The van der Waals surface area contributed by atoms with Crippen molar-refractivity contribution in [2.45, 2.75) is 0 Å². The Balaban J connectivity index is 2.66. The summed E-state index contributed by atoms with van der Waals surface area (Å²) in [5.74, 6) is -2.23. The number of hydrogen-bond donors (Lipinski definition) is 1. The molecule has 0 saturated carbocycles. The molecule has 1 N–H and O–H groups in total. The first-order chi connectivity index (χ1) is 9.43. The molecule has 20 heavy (non-hydrogen) atoms. The summed E-state index contributed by atoms with van der Waals surface area (Å²) < 4.78 is 13.9. The van der Waals surface area contributed by atoms with Gasteiger partial charge in [0, 0.05) is 0 Å². The molecule has 8 nitrogen and oxygen atoms in total. The quantitative estimate of drug-likeness (QED) is 0.669. The molecule has 0 amide bonds. The fourth-order valence-corrected chi connectivity index (χ4v) is 1.57. The SMILES string of the molecule is N#Cc1cc(F)ccc1-n1cc([N+](=O)[O-])c(C(=O)O)n1. The lowest BCUT2D eigenvalue weighted by atomic mass is 10.2. The van der Waals surface area contributed by atoms with E-state index in [0.29, 0.717) is 0 Å². The van der Waals surface area contributed by atoms with E-state index in [1.165, 1.54) is 6.07 Å². The number of hydrogen-bond acceptors (Lipinski definition) is 5. The number of carboxylic acids is 1. The van der Waals surface area contributed by atoms with E-state index >= 15 is 0 Å². The highest BCUT2D eigenvalue weighted by Gasteiger charge is 2.26. The second-order valence-corrected chi connectivity index (χ2v) is 3.64. The van der Waals surface area contributed by atoms with Gasteiger partial charge in [0.15, 0.2) is 0 Å². The van der Waals surface area contributed by atoms with Crippen LogP contribution in [-0.4, -0.2) is 25.8 Å².